The summed E-state index contributed by atoms with van der Waals surface area (Å²) in [5, 5.41) is 3.99. The van der Waals surface area contributed by atoms with Gasteiger partial charge in [0.15, 0.2) is 5.82 Å². The molecule has 2 heterocycles. The van der Waals surface area contributed by atoms with Crippen molar-refractivity contribution in [2.24, 2.45) is 0 Å². The second-order valence-corrected chi connectivity index (χ2v) is 7.32. The minimum absolute atomic E-state index is 0.518. The van der Waals surface area contributed by atoms with Crippen LogP contribution in [0.15, 0.2) is 4.52 Å². The number of hydrogen-bond donors (Lipinski definition) is 0. The molecule has 106 valence electrons. The third-order valence-corrected chi connectivity index (χ3v) is 5.81. The van der Waals surface area contributed by atoms with Crippen molar-refractivity contribution in [3.63, 3.8) is 0 Å². The Morgan fingerprint density at radius 2 is 2.16 bits per heavy atom. The van der Waals surface area contributed by atoms with E-state index >= 15 is 0 Å². The van der Waals surface area contributed by atoms with Crippen LogP contribution in [0.2, 0.25) is 0 Å². The van der Waals surface area contributed by atoms with E-state index in [9.17, 15) is 0 Å². The molecule has 1 saturated heterocycles. The highest BCUT2D eigenvalue weighted by atomic mass is 32.2. The zero-order chi connectivity index (χ0) is 13.1. The quantitative estimate of drug-likeness (QED) is 0.852. The van der Waals surface area contributed by atoms with E-state index in [-0.39, 0.29) is 0 Å². The molecular formula is C14H23N3OS. The molecule has 0 aromatic carbocycles. The Morgan fingerprint density at radius 1 is 1.32 bits per heavy atom. The lowest BCUT2D eigenvalue weighted by atomic mass is 9.87. The molecule has 1 aromatic rings. The Balaban J connectivity index is 1.61. The molecule has 2 aliphatic rings. The number of rotatable bonds is 3. The van der Waals surface area contributed by atoms with Crippen LogP contribution in [0.4, 0.5) is 0 Å². The summed E-state index contributed by atoms with van der Waals surface area (Å²) < 4.78 is 5.84. The Hall–Kier alpha value is -0.550. The van der Waals surface area contributed by atoms with Crippen molar-refractivity contribution in [2.45, 2.75) is 56.7 Å². The number of aromatic nitrogens is 2. The van der Waals surface area contributed by atoms with Gasteiger partial charge in [0.1, 0.15) is 0 Å². The van der Waals surface area contributed by atoms with Gasteiger partial charge in [-0.2, -0.15) is 16.7 Å². The van der Waals surface area contributed by atoms with E-state index in [0.29, 0.717) is 4.75 Å². The second kappa shape index (κ2) is 5.83. The van der Waals surface area contributed by atoms with Gasteiger partial charge in [0.2, 0.25) is 5.89 Å². The lowest BCUT2D eigenvalue weighted by Gasteiger charge is -2.44. The molecule has 4 nitrogen and oxygen atoms in total. The first kappa shape index (κ1) is 13.4. The van der Waals surface area contributed by atoms with Gasteiger partial charge in [-0.1, -0.05) is 31.3 Å². The van der Waals surface area contributed by atoms with Gasteiger partial charge in [-0.05, 0) is 12.8 Å². The van der Waals surface area contributed by atoms with Gasteiger partial charge in [0.25, 0.3) is 0 Å². The standard InChI is InChI=1S/C14H23N3OS/c1-2-12-15-13(18-16-12)10-17-8-9-19-14(11-17)6-4-3-5-7-14/h2-11H2,1H3. The summed E-state index contributed by atoms with van der Waals surface area (Å²) in [5.74, 6) is 2.86. The Bertz CT molecular complexity index is 409. The number of aryl methyl sites for hydroxylation is 1. The van der Waals surface area contributed by atoms with Crippen LogP contribution >= 0.6 is 11.8 Å². The topological polar surface area (TPSA) is 42.2 Å². The minimum Gasteiger partial charge on any atom is -0.338 e. The molecule has 1 aromatic heterocycles. The fraction of sp³-hybridized carbons (Fsp3) is 0.857. The van der Waals surface area contributed by atoms with Crippen molar-refractivity contribution in [1.82, 2.24) is 15.0 Å². The molecule has 1 aliphatic carbocycles. The van der Waals surface area contributed by atoms with Gasteiger partial charge in [0, 0.05) is 30.0 Å². The normalized spacial score (nSPS) is 23.8. The third kappa shape index (κ3) is 3.14. The fourth-order valence-electron chi connectivity index (χ4n) is 3.25. The van der Waals surface area contributed by atoms with Crippen LogP contribution in [0.1, 0.15) is 50.7 Å². The van der Waals surface area contributed by atoms with Gasteiger partial charge in [-0.15, -0.1) is 0 Å². The Labute approximate surface area is 119 Å². The maximum atomic E-state index is 5.32. The van der Waals surface area contributed by atoms with Crippen molar-refractivity contribution in [3.05, 3.63) is 11.7 Å². The van der Waals surface area contributed by atoms with Crippen molar-refractivity contribution in [2.75, 3.05) is 18.8 Å². The summed E-state index contributed by atoms with van der Waals surface area (Å²) in [6.45, 7) is 5.23. The van der Waals surface area contributed by atoms with Crippen LogP contribution in [0.3, 0.4) is 0 Å². The van der Waals surface area contributed by atoms with Gasteiger partial charge in [0.05, 0.1) is 6.54 Å². The molecule has 0 bridgehead atoms. The molecule has 5 heteroatoms. The molecule has 0 amide bonds. The van der Waals surface area contributed by atoms with Gasteiger partial charge in [-0.25, -0.2) is 0 Å². The molecule has 3 rings (SSSR count). The van der Waals surface area contributed by atoms with E-state index in [1.54, 1.807) is 0 Å². The van der Waals surface area contributed by atoms with Crippen molar-refractivity contribution in [3.8, 4) is 0 Å². The van der Waals surface area contributed by atoms with Crippen LogP contribution in [0, 0.1) is 0 Å². The van der Waals surface area contributed by atoms with E-state index in [0.717, 1.165) is 31.2 Å². The molecule has 0 atom stereocenters. The second-order valence-electron chi connectivity index (χ2n) is 5.76. The molecule has 19 heavy (non-hydrogen) atoms. The smallest absolute Gasteiger partial charge is 0.240 e. The van der Waals surface area contributed by atoms with Crippen LogP contribution < -0.4 is 0 Å². The minimum atomic E-state index is 0.518. The molecule has 0 unspecified atom stereocenters. The predicted octanol–water partition coefficient (Wildman–Crippen LogP) is 2.88. The average Bonchev–Trinajstić information content (AvgIpc) is 2.87. The largest absolute Gasteiger partial charge is 0.338 e. The number of nitrogens with zero attached hydrogens (tertiary/aromatic N) is 3. The van der Waals surface area contributed by atoms with E-state index < -0.39 is 0 Å². The summed E-state index contributed by atoms with van der Waals surface area (Å²) in [6.07, 6.45) is 7.86. The van der Waals surface area contributed by atoms with Gasteiger partial charge < -0.3 is 4.52 Å². The van der Waals surface area contributed by atoms with Gasteiger partial charge >= 0.3 is 0 Å². The van der Waals surface area contributed by atoms with Crippen molar-refractivity contribution >= 4 is 11.8 Å². The molecule has 1 aliphatic heterocycles. The molecule has 2 fully saturated rings. The predicted molar refractivity (Wildman–Crippen MR) is 77.2 cm³/mol. The first-order valence-corrected chi connectivity index (χ1v) is 8.46. The number of hydrogen-bond acceptors (Lipinski definition) is 5. The summed E-state index contributed by atoms with van der Waals surface area (Å²) in [4.78, 5) is 6.94. The average molecular weight is 281 g/mol. The van der Waals surface area contributed by atoms with Crippen molar-refractivity contribution < 1.29 is 4.52 Å². The zero-order valence-electron chi connectivity index (χ0n) is 11.7. The van der Waals surface area contributed by atoms with Crippen molar-refractivity contribution in [1.29, 1.82) is 0 Å². The Morgan fingerprint density at radius 3 is 2.89 bits per heavy atom. The molecule has 1 saturated carbocycles. The van der Waals surface area contributed by atoms with E-state index in [1.807, 2.05) is 0 Å². The van der Waals surface area contributed by atoms with Crippen LogP contribution in [-0.4, -0.2) is 38.6 Å². The summed E-state index contributed by atoms with van der Waals surface area (Å²) >= 11 is 2.20. The van der Waals surface area contributed by atoms with Gasteiger partial charge in [-0.3, -0.25) is 4.90 Å². The Kier molecular flexibility index (Phi) is 4.12. The van der Waals surface area contributed by atoms with Crippen LogP contribution in [-0.2, 0) is 13.0 Å². The maximum absolute atomic E-state index is 5.32. The summed E-state index contributed by atoms with van der Waals surface area (Å²) in [5.41, 5.74) is 0. The number of thioether (sulfide) groups is 1. The highest BCUT2D eigenvalue weighted by Gasteiger charge is 2.37. The van der Waals surface area contributed by atoms with E-state index in [4.69, 9.17) is 4.52 Å². The molecule has 0 N–H and O–H groups in total. The fourth-order valence-corrected chi connectivity index (χ4v) is 4.88. The molecular weight excluding hydrogens is 258 g/mol. The highest BCUT2D eigenvalue weighted by Crippen LogP contribution is 2.42. The summed E-state index contributed by atoms with van der Waals surface area (Å²) in [7, 11) is 0. The SMILES string of the molecule is CCc1noc(CN2CCSC3(CCCCC3)C2)n1. The highest BCUT2D eigenvalue weighted by molar-refractivity contribution is 8.00. The van der Waals surface area contributed by atoms with Crippen LogP contribution in [0.25, 0.3) is 0 Å². The first-order valence-electron chi connectivity index (χ1n) is 7.47. The maximum Gasteiger partial charge on any atom is 0.240 e. The monoisotopic (exact) mass is 281 g/mol. The lowest BCUT2D eigenvalue weighted by Crippen LogP contribution is -2.47. The molecule has 1 spiro atoms. The molecule has 0 radical (unpaired) electrons. The summed E-state index contributed by atoms with van der Waals surface area (Å²) in [6, 6.07) is 0. The third-order valence-electron chi connectivity index (χ3n) is 4.28. The van der Waals surface area contributed by atoms with E-state index in [1.165, 1.54) is 44.4 Å². The van der Waals surface area contributed by atoms with E-state index in [2.05, 4.69) is 33.7 Å². The lowest BCUT2D eigenvalue weighted by molar-refractivity contribution is 0.189. The first-order chi connectivity index (χ1) is 9.30. The zero-order valence-corrected chi connectivity index (χ0v) is 12.5. The van der Waals surface area contributed by atoms with Crippen LogP contribution in [0.5, 0.6) is 0 Å².